The van der Waals surface area contributed by atoms with Gasteiger partial charge in [0.1, 0.15) is 11.7 Å². The number of anilines is 1. The smallest absolute Gasteiger partial charge is 0.419 e. The topological polar surface area (TPSA) is 107 Å². The van der Waals surface area contributed by atoms with Crippen LogP contribution in [0.1, 0.15) is 43.7 Å². The Labute approximate surface area is 238 Å². The highest BCUT2D eigenvalue weighted by Crippen LogP contribution is 2.36. The van der Waals surface area contributed by atoms with E-state index in [4.69, 9.17) is 5.73 Å². The second-order valence-electron chi connectivity index (χ2n) is 10.1. The van der Waals surface area contributed by atoms with E-state index >= 15 is 0 Å². The second kappa shape index (κ2) is 12.4. The number of aliphatic carboxylic acids is 1. The molecule has 8 nitrogen and oxygen atoms in total. The van der Waals surface area contributed by atoms with Crippen LogP contribution in [-0.2, 0) is 17.1 Å². The number of carbonyl (C=O) groups is 1. The molecule has 0 aliphatic carbocycles. The maximum absolute atomic E-state index is 13.7. The molecule has 2 aliphatic rings. The number of carboxylic acids is 1. The molecule has 3 heterocycles. The Bertz CT molecular complexity index is 1380. The van der Waals surface area contributed by atoms with Crippen LogP contribution in [0, 0.1) is 5.92 Å². The highest BCUT2D eigenvalue weighted by Gasteiger charge is 2.36. The molecule has 0 radical (unpaired) electrons. The first-order valence-electron chi connectivity index (χ1n) is 13.3. The van der Waals surface area contributed by atoms with Crippen molar-refractivity contribution in [1.82, 2.24) is 9.88 Å². The number of amidine groups is 2. The first-order valence-corrected chi connectivity index (χ1v) is 13.3. The number of piperidine rings is 1. The molecule has 2 aliphatic heterocycles. The van der Waals surface area contributed by atoms with Crippen molar-refractivity contribution in [2.24, 2.45) is 21.6 Å². The fourth-order valence-electron chi connectivity index (χ4n) is 4.94. The maximum Gasteiger partial charge on any atom is 0.419 e. The van der Waals surface area contributed by atoms with Crippen LogP contribution in [0.3, 0.4) is 0 Å². The normalized spacial score (nSPS) is 18.4. The van der Waals surface area contributed by atoms with E-state index in [1.165, 1.54) is 29.3 Å². The highest BCUT2D eigenvalue weighted by atomic mass is 19.4. The summed E-state index contributed by atoms with van der Waals surface area (Å²) in [4.78, 5) is 27.9. The van der Waals surface area contributed by atoms with Gasteiger partial charge in [-0.25, -0.2) is 15.0 Å². The van der Waals surface area contributed by atoms with Crippen molar-refractivity contribution in [3.05, 3.63) is 65.0 Å². The Hall–Kier alpha value is -4.10. The van der Waals surface area contributed by atoms with Gasteiger partial charge >= 0.3 is 18.3 Å². The number of benzene rings is 1. The zero-order valence-corrected chi connectivity index (χ0v) is 22.7. The average molecular weight is 597 g/mol. The molecule has 0 saturated carbocycles. The minimum atomic E-state index is -4.61. The van der Waals surface area contributed by atoms with Crippen molar-refractivity contribution in [3.8, 4) is 0 Å². The van der Waals surface area contributed by atoms with Gasteiger partial charge in [0.25, 0.3) is 0 Å². The van der Waals surface area contributed by atoms with E-state index in [1.807, 2.05) is 4.90 Å². The van der Waals surface area contributed by atoms with E-state index in [9.17, 15) is 36.2 Å². The number of pyridine rings is 1. The standard InChI is InChI=1S/C28H30F6N6O2/c1-17(39-13-8-18(9-14-39)26(41)42)37-24(38-20-6-4-19(5-7-20)27(29,30)31)21-10-15-40(16-11-23(21)35)25-22(28(32,33)34)3-2-12-36-25/h2-7,12,18H,8-11,13-16,35H2,1H3,(H,41,42). The lowest BCUT2D eigenvalue weighted by atomic mass is 9.97. The van der Waals surface area contributed by atoms with Crippen molar-refractivity contribution in [2.45, 2.75) is 45.0 Å². The van der Waals surface area contributed by atoms with Crippen LogP contribution in [0.4, 0.5) is 37.8 Å². The van der Waals surface area contributed by atoms with E-state index in [-0.39, 0.29) is 43.3 Å². The summed E-state index contributed by atoms with van der Waals surface area (Å²) < 4.78 is 80.3. The largest absolute Gasteiger partial charge is 0.481 e. The van der Waals surface area contributed by atoms with Crippen LogP contribution in [0.15, 0.2) is 63.8 Å². The monoisotopic (exact) mass is 596 g/mol. The van der Waals surface area contributed by atoms with E-state index in [0.717, 1.165) is 18.2 Å². The number of likely N-dealkylation sites (tertiary alicyclic amines) is 1. The molecule has 0 unspecified atom stereocenters. The molecular formula is C28H30F6N6O2. The molecule has 1 saturated heterocycles. The lowest BCUT2D eigenvalue weighted by Gasteiger charge is -2.31. The Morgan fingerprint density at radius 3 is 2.21 bits per heavy atom. The maximum atomic E-state index is 13.7. The molecule has 2 aromatic rings. The molecule has 42 heavy (non-hydrogen) atoms. The van der Waals surface area contributed by atoms with Crippen molar-refractivity contribution < 1.29 is 36.2 Å². The van der Waals surface area contributed by atoms with Crippen LogP contribution in [0.2, 0.25) is 0 Å². The van der Waals surface area contributed by atoms with Gasteiger partial charge in [0.05, 0.1) is 22.7 Å². The van der Waals surface area contributed by atoms with Gasteiger partial charge in [-0.05, 0) is 62.6 Å². The SMILES string of the molecule is CC(=NC(=Nc1ccc(C(F)(F)F)cc1)C1=C(N)CCN(c2ncccc2C(F)(F)F)CC1)N1CCC(C(=O)O)CC1. The van der Waals surface area contributed by atoms with Crippen LogP contribution < -0.4 is 10.6 Å². The number of nitrogens with zero attached hydrogens (tertiary/aromatic N) is 5. The number of hydrogen-bond donors (Lipinski definition) is 2. The molecule has 3 N–H and O–H groups in total. The van der Waals surface area contributed by atoms with Gasteiger partial charge in [0, 0.05) is 50.1 Å². The molecule has 1 aromatic carbocycles. The molecule has 14 heteroatoms. The number of hydrogen-bond acceptors (Lipinski definition) is 5. The molecule has 4 rings (SSSR count). The zero-order valence-electron chi connectivity index (χ0n) is 22.7. The van der Waals surface area contributed by atoms with Crippen molar-refractivity contribution >= 4 is 29.1 Å². The summed E-state index contributed by atoms with van der Waals surface area (Å²) in [5, 5.41) is 9.30. The molecular weight excluding hydrogens is 566 g/mol. The summed E-state index contributed by atoms with van der Waals surface area (Å²) >= 11 is 0. The van der Waals surface area contributed by atoms with Crippen molar-refractivity contribution in [1.29, 1.82) is 0 Å². The Morgan fingerprint density at radius 1 is 0.976 bits per heavy atom. The molecule has 0 atom stereocenters. The number of halogens is 6. The van der Waals surface area contributed by atoms with Gasteiger partial charge in [0.2, 0.25) is 0 Å². The number of nitrogens with two attached hydrogens (primary N) is 1. The fourth-order valence-corrected chi connectivity index (χ4v) is 4.94. The summed E-state index contributed by atoms with van der Waals surface area (Å²) in [6.07, 6.45) is -6.70. The van der Waals surface area contributed by atoms with Gasteiger partial charge in [-0.15, -0.1) is 0 Å². The Balaban J connectivity index is 1.66. The summed E-state index contributed by atoms with van der Waals surface area (Å²) in [7, 11) is 0. The number of carboxylic acid groups (broad SMARTS) is 1. The predicted octanol–water partition coefficient (Wildman–Crippen LogP) is 5.88. The van der Waals surface area contributed by atoms with E-state index in [1.54, 1.807) is 6.92 Å². The van der Waals surface area contributed by atoms with Gasteiger partial charge < -0.3 is 20.6 Å². The lowest BCUT2D eigenvalue weighted by Crippen LogP contribution is -2.39. The Morgan fingerprint density at radius 2 is 1.62 bits per heavy atom. The molecule has 0 spiro atoms. The van der Waals surface area contributed by atoms with Gasteiger partial charge in [-0.2, -0.15) is 26.3 Å². The third-order valence-electron chi connectivity index (χ3n) is 7.33. The highest BCUT2D eigenvalue weighted by molar-refractivity contribution is 6.07. The minimum absolute atomic E-state index is 0.112. The second-order valence-corrected chi connectivity index (χ2v) is 10.1. The van der Waals surface area contributed by atoms with Crippen LogP contribution >= 0.6 is 0 Å². The van der Waals surface area contributed by atoms with Crippen LogP contribution in [-0.4, -0.2) is 58.8 Å². The third-order valence-corrected chi connectivity index (χ3v) is 7.33. The molecule has 0 amide bonds. The quantitative estimate of drug-likeness (QED) is 0.260. The average Bonchev–Trinajstić information content (AvgIpc) is 3.13. The van der Waals surface area contributed by atoms with Crippen LogP contribution in [0.5, 0.6) is 0 Å². The first-order chi connectivity index (χ1) is 19.7. The predicted molar refractivity (Wildman–Crippen MR) is 145 cm³/mol. The van der Waals surface area contributed by atoms with Crippen molar-refractivity contribution in [2.75, 3.05) is 31.1 Å². The summed E-state index contributed by atoms with van der Waals surface area (Å²) in [6.45, 7) is 2.84. The van der Waals surface area contributed by atoms with Gasteiger partial charge in [0.15, 0.2) is 5.84 Å². The summed E-state index contributed by atoms with van der Waals surface area (Å²) in [5.74, 6) is -0.912. The Kier molecular flexibility index (Phi) is 9.12. The van der Waals surface area contributed by atoms with Gasteiger partial charge in [-0.1, -0.05) is 0 Å². The zero-order chi connectivity index (χ0) is 30.7. The lowest BCUT2D eigenvalue weighted by molar-refractivity contribution is -0.143. The molecule has 1 fully saturated rings. The minimum Gasteiger partial charge on any atom is -0.481 e. The molecule has 226 valence electrons. The molecule has 1 aromatic heterocycles. The first kappa shape index (κ1) is 30.8. The van der Waals surface area contributed by atoms with E-state index < -0.39 is 35.4 Å². The van der Waals surface area contributed by atoms with E-state index in [2.05, 4.69) is 15.0 Å². The number of alkyl halides is 6. The number of aliphatic imine (C=N–C) groups is 2. The van der Waals surface area contributed by atoms with Gasteiger partial charge in [-0.3, -0.25) is 4.79 Å². The van der Waals surface area contributed by atoms with Crippen LogP contribution in [0.25, 0.3) is 0 Å². The fraction of sp³-hybridized carbons (Fsp3) is 0.429. The molecule has 0 bridgehead atoms. The van der Waals surface area contributed by atoms with Crippen molar-refractivity contribution in [3.63, 3.8) is 0 Å². The summed E-state index contributed by atoms with van der Waals surface area (Å²) in [5.41, 5.74) is 5.69. The van der Waals surface area contributed by atoms with E-state index in [0.29, 0.717) is 43.0 Å². The third kappa shape index (κ3) is 7.39. The summed E-state index contributed by atoms with van der Waals surface area (Å²) in [6, 6.07) is 6.38. The number of aromatic nitrogens is 1. The number of rotatable bonds is 4.